The van der Waals surface area contributed by atoms with E-state index in [-0.39, 0.29) is 0 Å². The largest absolute Gasteiger partial charge is 0.500 e. The molecule has 0 aromatic heterocycles. The van der Waals surface area contributed by atoms with Gasteiger partial charge in [0.1, 0.15) is 0 Å². The summed E-state index contributed by atoms with van der Waals surface area (Å²) in [4.78, 5) is 0. The Balaban J connectivity index is 3.96. The van der Waals surface area contributed by atoms with Gasteiger partial charge in [0.15, 0.2) is 0 Å². The van der Waals surface area contributed by atoms with Crippen molar-refractivity contribution in [3.8, 4) is 0 Å². The van der Waals surface area contributed by atoms with Gasteiger partial charge in [-0.3, -0.25) is 0 Å². The minimum atomic E-state index is -2.35. The molecule has 3 nitrogen and oxygen atoms in total. The maximum atomic E-state index is 5.40. The fraction of sp³-hybridized carbons (Fsp3) is 0.857. The summed E-state index contributed by atoms with van der Waals surface area (Å²) in [5.74, 6) is 0. The van der Waals surface area contributed by atoms with Crippen molar-refractivity contribution >= 4 is 8.80 Å². The summed E-state index contributed by atoms with van der Waals surface area (Å²) < 4.78 is 16.0. The quantitative estimate of drug-likeness (QED) is 0.575. The second-order valence-corrected chi connectivity index (χ2v) is 4.85. The molecule has 0 rings (SSSR count). The first-order valence-corrected chi connectivity index (χ1v) is 5.80. The molecule has 1 radical (unpaired) electrons. The predicted molar refractivity (Wildman–Crippen MR) is 46.2 cm³/mol. The first-order valence-electron chi connectivity index (χ1n) is 3.87. The van der Waals surface area contributed by atoms with E-state index in [9.17, 15) is 0 Å². The van der Waals surface area contributed by atoms with Crippen LogP contribution in [0.25, 0.3) is 0 Å². The molecule has 0 amide bonds. The van der Waals surface area contributed by atoms with Crippen LogP contribution in [0, 0.1) is 6.92 Å². The molecule has 0 bridgehead atoms. The monoisotopic (exact) mass is 177 g/mol. The molecule has 0 aliphatic rings. The summed E-state index contributed by atoms with van der Waals surface area (Å²) in [6, 6.07) is 0.588. The Hall–Kier alpha value is 0.0969. The van der Waals surface area contributed by atoms with E-state index in [0.29, 0.717) is 19.3 Å². The minimum Gasteiger partial charge on any atom is -0.377 e. The molecule has 11 heavy (non-hydrogen) atoms. The van der Waals surface area contributed by atoms with Gasteiger partial charge in [0.05, 0.1) is 0 Å². The topological polar surface area (TPSA) is 27.7 Å². The van der Waals surface area contributed by atoms with Crippen molar-refractivity contribution in [2.45, 2.75) is 19.9 Å². The smallest absolute Gasteiger partial charge is 0.377 e. The van der Waals surface area contributed by atoms with Crippen LogP contribution in [0.1, 0.15) is 13.8 Å². The molecule has 0 aliphatic carbocycles. The molecule has 0 spiro atoms. The number of hydrogen-bond donors (Lipinski definition) is 0. The van der Waals surface area contributed by atoms with Gasteiger partial charge in [-0.05, 0) is 20.8 Å². The van der Waals surface area contributed by atoms with Gasteiger partial charge in [-0.1, -0.05) is 0 Å². The SMILES string of the molecule is [CH2]C[Si](OC)(OCC)OCC. The Kier molecular flexibility index (Phi) is 5.76. The maximum absolute atomic E-state index is 5.40. The Labute approximate surface area is 70.0 Å². The Morgan fingerprint density at radius 3 is 1.82 bits per heavy atom. The van der Waals surface area contributed by atoms with E-state index in [0.717, 1.165) is 0 Å². The molecule has 67 valence electrons. The molecule has 4 heteroatoms. The molecule has 0 N–H and O–H groups in total. The highest BCUT2D eigenvalue weighted by Crippen LogP contribution is 2.12. The third-order valence-electron chi connectivity index (χ3n) is 1.35. The van der Waals surface area contributed by atoms with Crippen molar-refractivity contribution in [2.24, 2.45) is 0 Å². The van der Waals surface area contributed by atoms with Gasteiger partial charge >= 0.3 is 8.80 Å². The van der Waals surface area contributed by atoms with Crippen LogP contribution in [0.3, 0.4) is 0 Å². The van der Waals surface area contributed by atoms with Crippen LogP contribution in [0.15, 0.2) is 0 Å². The predicted octanol–water partition coefficient (Wildman–Crippen LogP) is 1.48. The molecule has 0 heterocycles. The highest BCUT2D eigenvalue weighted by Gasteiger charge is 2.36. The van der Waals surface area contributed by atoms with E-state index in [2.05, 4.69) is 6.92 Å². The van der Waals surface area contributed by atoms with Crippen LogP contribution in [0.2, 0.25) is 6.04 Å². The van der Waals surface area contributed by atoms with Crippen LogP contribution in [0.4, 0.5) is 0 Å². The summed E-state index contributed by atoms with van der Waals surface area (Å²) >= 11 is 0. The minimum absolute atomic E-state index is 0.588. The van der Waals surface area contributed by atoms with Crippen molar-refractivity contribution < 1.29 is 13.3 Å². The lowest BCUT2D eigenvalue weighted by Gasteiger charge is -2.25. The molecule has 0 saturated heterocycles. The average molecular weight is 177 g/mol. The maximum Gasteiger partial charge on any atom is 0.500 e. The normalized spacial score (nSPS) is 12.0. The van der Waals surface area contributed by atoms with E-state index in [1.165, 1.54) is 0 Å². The van der Waals surface area contributed by atoms with Crippen LogP contribution in [-0.2, 0) is 13.3 Å². The lowest BCUT2D eigenvalue weighted by atomic mass is 10.9. The summed E-state index contributed by atoms with van der Waals surface area (Å²) in [5.41, 5.74) is 0. The zero-order chi connectivity index (χ0) is 8.74. The molecule has 0 unspecified atom stereocenters. The summed E-state index contributed by atoms with van der Waals surface area (Å²) in [6.07, 6.45) is 0. The van der Waals surface area contributed by atoms with E-state index >= 15 is 0 Å². The number of hydrogen-bond acceptors (Lipinski definition) is 3. The zero-order valence-electron chi connectivity index (χ0n) is 7.55. The molecule has 0 fully saturated rings. The van der Waals surface area contributed by atoms with Crippen LogP contribution >= 0.6 is 0 Å². The van der Waals surface area contributed by atoms with E-state index < -0.39 is 8.80 Å². The van der Waals surface area contributed by atoms with Crippen LogP contribution in [0.5, 0.6) is 0 Å². The van der Waals surface area contributed by atoms with Gasteiger partial charge in [0.25, 0.3) is 0 Å². The third-order valence-corrected chi connectivity index (χ3v) is 4.04. The summed E-state index contributed by atoms with van der Waals surface area (Å²) in [6.45, 7) is 8.85. The fourth-order valence-corrected chi connectivity index (χ4v) is 2.54. The molecule has 0 aromatic carbocycles. The number of rotatable bonds is 6. The summed E-state index contributed by atoms with van der Waals surface area (Å²) in [7, 11) is -0.741. The Bertz CT molecular complexity index is 85.7. The molecule has 0 saturated carbocycles. The van der Waals surface area contributed by atoms with Gasteiger partial charge < -0.3 is 13.3 Å². The Morgan fingerprint density at radius 1 is 1.18 bits per heavy atom. The van der Waals surface area contributed by atoms with Crippen molar-refractivity contribution in [1.82, 2.24) is 0 Å². The standard InChI is InChI=1S/C7H17O3Si/c1-5-9-11(7-3,8-4)10-6-2/h3,5-7H2,1-2,4H3. The van der Waals surface area contributed by atoms with Gasteiger partial charge in [-0.2, -0.15) is 0 Å². The fourth-order valence-electron chi connectivity index (χ4n) is 0.846. The second kappa shape index (κ2) is 5.71. The van der Waals surface area contributed by atoms with Crippen molar-refractivity contribution in [1.29, 1.82) is 0 Å². The van der Waals surface area contributed by atoms with Gasteiger partial charge in [-0.25, -0.2) is 0 Å². The summed E-state index contributed by atoms with van der Waals surface area (Å²) in [5, 5.41) is 0. The third kappa shape index (κ3) is 3.33. The molecule has 0 atom stereocenters. The van der Waals surface area contributed by atoms with Crippen molar-refractivity contribution in [3.63, 3.8) is 0 Å². The van der Waals surface area contributed by atoms with E-state index in [4.69, 9.17) is 13.3 Å². The molecular formula is C7H17O3Si. The first-order chi connectivity index (χ1) is 5.24. The van der Waals surface area contributed by atoms with Crippen LogP contribution in [-0.4, -0.2) is 29.1 Å². The highest BCUT2D eigenvalue weighted by molar-refractivity contribution is 6.60. The van der Waals surface area contributed by atoms with E-state index in [1.807, 2.05) is 13.8 Å². The molecule has 0 aliphatic heterocycles. The molecule has 0 aromatic rings. The lowest BCUT2D eigenvalue weighted by Crippen LogP contribution is -2.44. The zero-order valence-corrected chi connectivity index (χ0v) is 8.55. The van der Waals surface area contributed by atoms with Gasteiger partial charge in [-0.15, -0.1) is 0 Å². The van der Waals surface area contributed by atoms with Gasteiger partial charge in [0.2, 0.25) is 0 Å². The van der Waals surface area contributed by atoms with Gasteiger partial charge in [0, 0.05) is 26.4 Å². The Morgan fingerprint density at radius 2 is 1.64 bits per heavy atom. The lowest BCUT2D eigenvalue weighted by molar-refractivity contribution is 0.0896. The average Bonchev–Trinajstić information content (AvgIpc) is 2.04. The second-order valence-electron chi connectivity index (χ2n) is 2.00. The van der Waals surface area contributed by atoms with Crippen molar-refractivity contribution in [2.75, 3.05) is 20.3 Å². The first kappa shape index (κ1) is 11.1. The van der Waals surface area contributed by atoms with Crippen molar-refractivity contribution in [3.05, 3.63) is 6.92 Å². The highest BCUT2D eigenvalue weighted by atomic mass is 28.4. The van der Waals surface area contributed by atoms with E-state index in [1.54, 1.807) is 7.11 Å². The van der Waals surface area contributed by atoms with Crippen LogP contribution < -0.4 is 0 Å². The molecular weight excluding hydrogens is 160 g/mol.